The molecule has 0 bridgehead atoms. The molecule has 1 heterocycles. The minimum atomic E-state index is -0.617. The van der Waals surface area contributed by atoms with Gasteiger partial charge >= 0.3 is 0 Å². The van der Waals surface area contributed by atoms with Crippen molar-refractivity contribution in [1.82, 2.24) is 0 Å². The Labute approximate surface area is 256 Å². The fraction of sp³-hybridized carbons (Fsp3) is 0.711. The Kier molecular flexibility index (Phi) is 6.73. The average molecular weight is 588 g/mol. The highest BCUT2D eigenvalue weighted by molar-refractivity contribution is 7.76. The molecule has 1 saturated heterocycles. The molecular weight excluding hydrogens is 533 g/mol. The topological polar surface area (TPSA) is 52.3 Å². The second kappa shape index (κ2) is 9.61. The normalized spacial score (nSPS) is 45.9. The highest BCUT2D eigenvalue weighted by Gasteiger charge is 2.70. The van der Waals surface area contributed by atoms with Gasteiger partial charge < -0.3 is 10.5 Å². The fourth-order valence-electron chi connectivity index (χ4n) is 12.6. The lowest BCUT2D eigenvalue weighted by molar-refractivity contribution is -0.217. The monoisotopic (exact) mass is 587 g/mol. The number of hydrogen-bond acceptors (Lipinski definition) is 3. The molecule has 6 aliphatic rings. The molecule has 4 saturated carbocycles. The van der Waals surface area contributed by atoms with Crippen molar-refractivity contribution in [2.75, 3.05) is 12.7 Å². The summed E-state index contributed by atoms with van der Waals surface area (Å²) in [7, 11) is -0.617. The van der Waals surface area contributed by atoms with Crippen LogP contribution in [0.25, 0.3) is 5.57 Å². The first-order valence-corrected chi connectivity index (χ1v) is 18.6. The third-order valence-corrected chi connectivity index (χ3v) is 16.8. The molecule has 3 nitrogen and oxygen atoms in total. The Balaban J connectivity index is 1.20. The second-order valence-electron chi connectivity index (χ2n) is 16.8. The lowest BCUT2D eigenvalue weighted by Crippen LogP contribution is -2.67. The van der Waals surface area contributed by atoms with E-state index >= 15 is 0 Å². The highest BCUT2D eigenvalue weighted by atomic mass is 31.1. The molecule has 42 heavy (non-hydrogen) atoms. The van der Waals surface area contributed by atoms with Crippen LogP contribution in [0.5, 0.6) is 0 Å². The molecule has 1 aromatic rings. The van der Waals surface area contributed by atoms with E-state index in [4.69, 9.17) is 10.5 Å². The van der Waals surface area contributed by atoms with Crippen molar-refractivity contribution in [2.45, 2.75) is 105 Å². The molecule has 1 aromatic carbocycles. The van der Waals surface area contributed by atoms with Crippen molar-refractivity contribution in [3.63, 3.8) is 0 Å². The van der Waals surface area contributed by atoms with Crippen LogP contribution < -0.4 is 5.73 Å². The van der Waals surface area contributed by atoms with Crippen LogP contribution >= 0.6 is 7.92 Å². The minimum absolute atomic E-state index is 0.0232. The molecule has 228 valence electrons. The summed E-state index contributed by atoms with van der Waals surface area (Å²) in [6.45, 7) is 19.9. The first-order valence-electron chi connectivity index (χ1n) is 16.9. The smallest absolute Gasteiger partial charge is 0.188 e. The molecule has 0 aromatic heterocycles. The van der Waals surface area contributed by atoms with Gasteiger partial charge in [-0.05, 0) is 127 Å². The van der Waals surface area contributed by atoms with E-state index in [1.807, 2.05) is 0 Å². The Morgan fingerprint density at radius 2 is 1.62 bits per heavy atom. The SMILES string of the molecule is C=C(C)[C@@H]1CC[C@]2(N)CC[C@]3(C)[C@H](CC[C@@H]4[C@@]5(C)CC=C(c6ccc(C(=O)P7COC7)cc6)C(C)(C)[C@@H]5CC[C@]43C)[C@@H]12. The molecule has 0 unspecified atom stereocenters. The van der Waals surface area contributed by atoms with E-state index in [2.05, 4.69) is 78.5 Å². The predicted molar refractivity (Wildman–Crippen MR) is 175 cm³/mol. The van der Waals surface area contributed by atoms with Gasteiger partial charge in [0.25, 0.3) is 0 Å². The van der Waals surface area contributed by atoms with E-state index < -0.39 is 7.92 Å². The summed E-state index contributed by atoms with van der Waals surface area (Å²) in [5, 5.41) is 0. The first kappa shape index (κ1) is 29.4. The van der Waals surface area contributed by atoms with Gasteiger partial charge in [0.05, 0.1) is 12.7 Å². The number of rotatable bonds is 4. The van der Waals surface area contributed by atoms with E-state index in [-0.39, 0.29) is 11.0 Å². The number of nitrogens with two attached hydrogens (primary N) is 1. The van der Waals surface area contributed by atoms with E-state index in [1.165, 1.54) is 74.5 Å². The minimum Gasteiger partial charge on any atom is -0.371 e. The van der Waals surface area contributed by atoms with E-state index in [1.54, 1.807) is 0 Å². The van der Waals surface area contributed by atoms with Gasteiger partial charge in [0.15, 0.2) is 5.52 Å². The Morgan fingerprint density at radius 3 is 2.26 bits per heavy atom. The summed E-state index contributed by atoms with van der Waals surface area (Å²) >= 11 is 0. The standard InChI is InChI=1S/C38H54NO2P/c1-24(2)27-14-19-38(39)21-20-36(6)29(32(27)38)12-13-31-35(5)17-15-28(34(3,4)30(35)16-18-37(31,36)7)25-8-10-26(11-9-25)33(40)42-22-41-23-42/h8-11,15,27,29-32H,1,12-14,16-23,39H2,2-7H3/t27-,29+,30-,31+,32+,35-,36+,37+,38-/m0/s1. The van der Waals surface area contributed by atoms with Crippen LogP contribution in [-0.4, -0.2) is 23.8 Å². The molecule has 2 N–H and O–H groups in total. The number of fused-ring (bicyclic) bond motifs is 7. The summed E-state index contributed by atoms with van der Waals surface area (Å²) in [4.78, 5) is 12.8. The molecule has 5 aliphatic carbocycles. The van der Waals surface area contributed by atoms with Crippen LogP contribution in [-0.2, 0) is 4.74 Å². The van der Waals surface area contributed by atoms with Crippen LogP contribution in [0.2, 0.25) is 0 Å². The number of carbonyl (C=O) groups is 1. The molecule has 0 spiro atoms. The van der Waals surface area contributed by atoms with Crippen molar-refractivity contribution in [3.8, 4) is 0 Å². The van der Waals surface area contributed by atoms with E-state index in [9.17, 15) is 4.79 Å². The predicted octanol–water partition coefficient (Wildman–Crippen LogP) is 9.62. The molecule has 1 aliphatic heterocycles. The third kappa shape index (κ3) is 3.84. The molecule has 0 radical (unpaired) electrons. The largest absolute Gasteiger partial charge is 0.371 e. The van der Waals surface area contributed by atoms with Gasteiger partial charge in [0.1, 0.15) is 0 Å². The number of hydrogen-bond donors (Lipinski definition) is 1. The van der Waals surface area contributed by atoms with Crippen LogP contribution in [0.15, 0.2) is 42.5 Å². The highest BCUT2D eigenvalue weighted by Crippen LogP contribution is 2.76. The van der Waals surface area contributed by atoms with E-state index in [0.717, 1.165) is 17.4 Å². The average Bonchev–Trinajstić information content (AvgIpc) is 3.26. The molecule has 0 amide bonds. The van der Waals surface area contributed by atoms with Crippen molar-refractivity contribution in [2.24, 2.45) is 57.0 Å². The third-order valence-electron chi connectivity index (χ3n) is 14.9. The van der Waals surface area contributed by atoms with Gasteiger partial charge in [-0.2, -0.15) is 0 Å². The van der Waals surface area contributed by atoms with Gasteiger partial charge in [-0.15, -0.1) is 0 Å². The maximum Gasteiger partial charge on any atom is 0.188 e. The zero-order chi connectivity index (χ0) is 29.9. The Morgan fingerprint density at radius 1 is 0.905 bits per heavy atom. The van der Waals surface area contributed by atoms with Gasteiger partial charge in [-0.25, -0.2) is 0 Å². The fourth-order valence-corrected chi connectivity index (χ4v) is 13.7. The summed E-state index contributed by atoms with van der Waals surface area (Å²) < 4.78 is 5.29. The molecular formula is C38H54NO2P. The molecule has 4 heteroatoms. The van der Waals surface area contributed by atoms with Crippen molar-refractivity contribution in [1.29, 1.82) is 0 Å². The molecule has 5 fully saturated rings. The van der Waals surface area contributed by atoms with Gasteiger partial charge in [-0.3, -0.25) is 4.79 Å². The zero-order valence-corrected chi connectivity index (χ0v) is 28.0. The Hall–Kier alpha value is -1.28. The lowest BCUT2D eigenvalue weighted by Gasteiger charge is -2.72. The summed E-state index contributed by atoms with van der Waals surface area (Å²) in [6.07, 6.45) is 15.3. The van der Waals surface area contributed by atoms with Gasteiger partial charge in [0.2, 0.25) is 0 Å². The Bertz CT molecular complexity index is 1330. The summed E-state index contributed by atoms with van der Waals surface area (Å²) in [5.74, 6) is 3.34. The van der Waals surface area contributed by atoms with Gasteiger partial charge in [-0.1, -0.05) is 77.1 Å². The second-order valence-corrected chi connectivity index (χ2v) is 18.8. The maximum atomic E-state index is 12.8. The zero-order valence-electron chi connectivity index (χ0n) is 27.1. The first-order chi connectivity index (χ1) is 19.8. The quantitative estimate of drug-likeness (QED) is 0.282. The molecule has 7 rings (SSSR count). The van der Waals surface area contributed by atoms with Gasteiger partial charge in [0, 0.05) is 19.0 Å². The van der Waals surface area contributed by atoms with Crippen molar-refractivity contribution >= 4 is 19.0 Å². The summed E-state index contributed by atoms with van der Waals surface area (Å²) in [5.41, 5.74) is 13.7. The van der Waals surface area contributed by atoms with Crippen LogP contribution in [0.1, 0.15) is 115 Å². The van der Waals surface area contributed by atoms with Crippen LogP contribution in [0.3, 0.4) is 0 Å². The maximum absolute atomic E-state index is 12.8. The number of allylic oxidation sites excluding steroid dienone is 3. The number of carbonyl (C=O) groups excluding carboxylic acids is 1. The van der Waals surface area contributed by atoms with Crippen molar-refractivity contribution in [3.05, 3.63) is 53.6 Å². The molecule has 9 atom stereocenters. The number of ether oxygens (including phenoxy) is 1. The summed E-state index contributed by atoms with van der Waals surface area (Å²) in [6, 6.07) is 8.59. The van der Waals surface area contributed by atoms with Crippen molar-refractivity contribution < 1.29 is 9.53 Å². The van der Waals surface area contributed by atoms with Crippen LogP contribution in [0, 0.1) is 51.2 Å². The number of benzene rings is 1. The van der Waals surface area contributed by atoms with Crippen LogP contribution in [0.4, 0.5) is 0 Å². The lowest BCUT2D eigenvalue weighted by atomic mass is 9.33. The van der Waals surface area contributed by atoms with E-state index in [0.29, 0.717) is 52.2 Å².